The number of hydrogen-bond acceptors (Lipinski definition) is 1. The molecule has 0 spiro atoms. The summed E-state index contributed by atoms with van der Waals surface area (Å²) in [6, 6.07) is 3.55. The second-order valence-corrected chi connectivity index (χ2v) is 7.62. The first-order valence-corrected chi connectivity index (χ1v) is 7.24. The van der Waals surface area contributed by atoms with Gasteiger partial charge in [-0.2, -0.15) is 17.6 Å². The standard InChI is InChI=1S/C12H13BrF3NOS/c1-11(2,3)19(18)17-7-8-4-5-9(10(13)6-8)12(14,15)16/h4-7H,1-3H3/b17-7+/t19-/m1/s1. The molecule has 1 rings (SSSR count). The van der Waals surface area contributed by atoms with E-state index < -0.39 is 27.5 Å². The topological polar surface area (TPSA) is 29.4 Å². The van der Waals surface area contributed by atoms with Gasteiger partial charge in [0.1, 0.15) is 11.0 Å². The van der Waals surface area contributed by atoms with Crippen LogP contribution in [0.2, 0.25) is 0 Å². The van der Waals surface area contributed by atoms with Crippen molar-refractivity contribution in [2.45, 2.75) is 31.7 Å². The van der Waals surface area contributed by atoms with Crippen molar-refractivity contribution in [3.8, 4) is 0 Å². The van der Waals surface area contributed by atoms with Crippen LogP contribution >= 0.6 is 15.9 Å². The molecule has 0 aliphatic rings. The van der Waals surface area contributed by atoms with E-state index in [4.69, 9.17) is 0 Å². The van der Waals surface area contributed by atoms with Crippen molar-refractivity contribution >= 4 is 33.1 Å². The molecule has 0 aromatic heterocycles. The highest BCUT2D eigenvalue weighted by molar-refractivity contribution is 9.10. The van der Waals surface area contributed by atoms with Gasteiger partial charge in [0.15, 0.2) is 0 Å². The molecule has 19 heavy (non-hydrogen) atoms. The third-order valence-electron chi connectivity index (χ3n) is 2.12. The van der Waals surface area contributed by atoms with E-state index in [0.29, 0.717) is 5.56 Å². The third-order valence-corrected chi connectivity index (χ3v) is 4.12. The molecule has 106 valence electrons. The van der Waals surface area contributed by atoms with Crippen LogP contribution in [-0.2, 0) is 17.2 Å². The summed E-state index contributed by atoms with van der Waals surface area (Å²) in [6.07, 6.45) is -3.09. The van der Waals surface area contributed by atoms with Crippen molar-refractivity contribution in [2.24, 2.45) is 4.40 Å². The first-order valence-electron chi connectivity index (χ1n) is 5.34. The second kappa shape index (κ2) is 5.75. The lowest BCUT2D eigenvalue weighted by molar-refractivity contribution is -0.138. The molecule has 2 nitrogen and oxygen atoms in total. The summed E-state index contributed by atoms with van der Waals surface area (Å²) in [7, 11) is -1.43. The van der Waals surface area contributed by atoms with Gasteiger partial charge in [-0.3, -0.25) is 0 Å². The molecular weight excluding hydrogens is 343 g/mol. The van der Waals surface area contributed by atoms with Gasteiger partial charge in [-0.15, -0.1) is 0 Å². The van der Waals surface area contributed by atoms with Gasteiger partial charge in [0.25, 0.3) is 0 Å². The first kappa shape index (κ1) is 16.4. The van der Waals surface area contributed by atoms with Crippen molar-refractivity contribution in [3.63, 3.8) is 0 Å². The van der Waals surface area contributed by atoms with Crippen LogP contribution in [0.1, 0.15) is 31.9 Å². The van der Waals surface area contributed by atoms with Crippen molar-refractivity contribution in [1.29, 1.82) is 0 Å². The van der Waals surface area contributed by atoms with Gasteiger partial charge in [-0.1, -0.05) is 22.0 Å². The van der Waals surface area contributed by atoms with E-state index in [2.05, 4.69) is 20.3 Å². The van der Waals surface area contributed by atoms with E-state index in [1.165, 1.54) is 18.3 Å². The summed E-state index contributed by atoms with van der Waals surface area (Å²) >= 11 is 2.87. The number of nitrogens with zero attached hydrogens (tertiary/aromatic N) is 1. The summed E-state index contributed by atoms with van der Waals surface area (Å²) in [5, 5.41) is 0. The smallest absolute Gasteiger partial charge is 0.234 e. The number of benzene rings is 1. The summed E-state index contributed by atoms with van der Waals surface area (Å²) in [6.45, 7) is 5.30. The minimum absolute atomic E-state index is 0.0644. The SMILES string of the molecule is CC(C)(C)[S@@](=O)/N=C/c1ccc(C(F)(F)F)c(Br)c1. The molecule has 0 saturated heterocycles. The fraction of sp³-hybridized carbons (Fsp3) is 0.417. The average molecular weight is 356 g/mol. The molecule has 0 radical (unpaired) electrons. The number of alkyl halides is 3. The number of rotatable bonds is 2. The van der Waals surface area contributed by atoms with Gasteiger partial charge in [-0.25, -0.2) is 4.21 Å². The molecular formula is C12H13BrF3NOS. The Labute approximate surface area is 120 Å². The Morgan fingerprint density at radius 2 is 1.84 bits per heavy atom. The highest BCUT2D eigenvalue weighted by atomic mass is 79.9. The highest BCUT2D eigenvalue weighted by Crippen LogP contribution is 2.34. The maximum absolute atomic E-state index is 12.5. The van der Waals surface area contributed by atoms with Crippen molar-refractivity contribution in [3.05, 3.63) is 33.8 Å². The van der Waals surface area contributed by atoms with E-state index in [1.807, 2.05) is 0 Å². The summed E-state index contributed by atoms with van der Waals surface area (Å²) in [5.74, 6) is 0. The molecule has 0 aliphatic heterocycles. The monoisotopic (exact) mass is 355 g/mol. The van der Waals surface area contributed by atoms with E-state index in [0.717, 1.165) is 6.07 Å². The van der Waals surface area contributed by atoms with Gasteiger partial charge >= 0.3 is 6.18 Å². The Morgan fingerprint density at radius 1 is 1.26 bits per heavy atom. The van der Waals surface area contributed by atoms with Crippen molar-refractivity contribution < 1.29 is 17.4 Å². The molecule has 0 bridgehead atoms. The van der Waals surface area contributed by atoms with Crippen molar-refractivity contribution in [2.75, 3.05) is 0 Å². The van der Waals surface area contributed by atoms with Crippen LogP contribution in [0, 0.1) is 0 Å². The van der Waals surface area contributed by atoms with Gasteiger partial charge in [0, 0.05) is 10.7 Å². The van der Waals surface area contributed by atoms with Gasteiger partial charge in [0.2, 0.25) is 0 Å². The number of hydrogen-bond donors (Lipinski definition) is 0. The Balaban J connectivity index is 2.98. The molecule has 0 saturated carbocycles. The Bertz CT molecular complexity index is 521. The Morgan fingerprint density at radius 3 is 2.26 bits per heavy atom. The van der Waals surface area contributed by atoms with Crippen molar-refractivity contribution in [1.82, 2.24) is 0 Å². The van der Waals surface area contributed by atoms with Crippen LogP contribution in [0.15, 0.2) is 27.1 Å². The van der Waals surface area contributed by atoms with Crippen LogP contribution in [0.4, 0.5) is 13.2 Å². The van der Waals surface area contributed by atoms with Gasteiger partial charge in [0.05, 0.1) is 10.3 Å². The highest BCUT2D eigenvalue weighted by Gasteiger charge is 2.32. The molecule has 1 aromatic carbocycles. The molecule has 0 unspecified atom stereocenters. The van der Waals surface area contributed by atoms with Crippen LogP contribution in [0.3, 0.4) is 0 Å². The lowest BCUT2D eigenvalue weighted by Gasteiger charge is -2.13. The fourth-order valence-corrected chi connectivity index (χ4v) is 2.26. The largest absolute Gasteiger partial charge is 0.417 e. The zero-order valence-corrected chi connectivity index (χ0v) is 13.0. The molecule has 7 heteroatoms. The van der Waals surface area contributed by atoms with Crippen LogP contribution in [0.25, 0.3) is 0 Å². The maximum Gasteiger partial charge on any atom is 0.417 e. The van der Waals surface area contributed by atoms with Gasteiger partial charge in [-0.05, 0) is 38.5 Å². The van der Waals surface area contributed by atoms with Gasteiger partial charge < -0.3 is 0 Å². The summed E-state index contributed by atoms with van der Waals surface area (Å²) < 4.78 is 52.6. The third kappa shape index (κ3) is 4.72. The van der Waals surface area contributed by atoms with E-state index in [1.54, 1.807) is 20.8 Å². The maximum atomic E-state index is 12.5. The second-order valence-electron chi connectivity index (χ2n) is 4.83. The quantitative estimate of drug-likeness (QED) is 0.725. The molecule has 0 aliphatic carbocycles. The van der Waals surface area contributed by atoms with Crippen LogP contribution < -0.4 is 0 Å². The molecule has 1 atom stereocenters. The minimum Gasteiger partial charge on any atom is -0.234 e. The minimum atomic E-state index is -4.40. The predicted octanol–water partition coefficient (Wildman–Crippen LogP) is 4.35. The Hall–Kier alpha value is -0.690. The molecule has 1 aromatic rings. The lowest BCUT2D eigenvalue weighted by Crippen LogP contribution is -2.19. The van der Waals surface area contributed by atoms with E-state index in [9.17, 15) is 17.4 Å². The van der Waals surface area contributed by atoms with Crippen LogP contribution in [-0.4, -0.2) is 15.2 Å². The normalized spacial score (nSPS) is 14.9. The van der Waals surface area contributed by atoms with E-state index >= 15 is 0 Å². The van der Waals surface area contributed by atoms with Crippen LogP contribution in [0.5, 0.6) is 0 Å². The average Bonchev–Trinajstić information content (AvgIpc) is 2.22. The Kier molecular flexibility index (Phi) is 4.95. The molecule has 0 heterocycles. The molecule has 0 amide bonds. The predicted molar refractivity (Wildman–Crippen MR) is 74.6 cm³/mol. The summed E-state index contributed by atoms with van der Waals surface area (Å²) in [5.41, 5.74) is -0.293. The van der Waals surface area contributed by atoms with E-state index in [-0.39, 0.29) is 4.47 Å². The molecule has 0 N–H and O–H groups in total. The zero-order valence-electron chi connectivity index (χ0n) is 10.6. The lowest BCUT2D eigenvalue weighted by atomic mass is 10.1. The zero-order chi connectivity index (χ0) is 14.8. The number of halogens is 4. The first-order chi connectivity index (χ1) is 8.51. The molecule has 0 fully saturated rings. The summed E-state index contributed by atoms with van der Waals surface area (Å²) in [4.78, 5) is 0. The fourth-order valence-electron chi connectivity index (χ4n) is 1.11.